The molecule has 2 heterocycles. The zero-order valence-electron chi connectivity index (χ0n) is 11.7. The fraction of sp³-hybridized carbons (Fsp3) is 0.400. The molecular weight excluding hydrogens is 252 g/mol. The van der Waals surface area contributed by atoms with Crippen LogP contribution >= 0.6 is 0 Å². The summed E-state index contributed by atoms with van der Waals surface area (Å²) in [7, 11) is 0. The Bertz CT molecular complexity index is 593. The number of nitrogens with two attached hydrogens (primary N) is 1. The van der Waals surface area contributed by atoms with Crippen LogP contribution in [0.4, 0.5) is 0 Å². The molecule has 1 aromatic carbocycles. The van der Waals surface area contributed by atoms with Gasteiger partial charge in [-0.2, -0.15) is 5.10 Å². The molecule has 0 saturated heterocycles. The summed E-state index contributed by atoms with van der Waals surface area (Å²) in [5.74, 6) is 5.75. The highest BCUT2D eigenvalue weighted by atomic mass is 16.5. The third-order valence-electron chi connectivity index (χ3n) is 3.68. The summed E-state index contributed by atoms with van der Waals surface area (Å²) < 4.78 is 7.41. The van der Waals surface area contributed by atoms with Gasteiger partial charge in [0.05, 0.1) is 25.5 Å². The molecule has 3 N–H and O–H groups in total. The van der Waals surface area contributed by atoms with Gasteiger partial charge in [0.25, 0.3) is 0 Å². The van der Waals surface area contributed by atoms with Gasteiger partial charge in [0.15, 0.2) is 0 Å². The Hall–Kier alpha value is -1.69. The highest BCUT2D eigenvalue weighted by Crippen LogP contribution is 2.27. The van der Waals surface area contributed by atoms with Crippen molar-refractivity contribution in [3.05, 3.63) is 52.8 Å². The summed E-state index contributed by atoms with van der Waals surface area (Å²) in [5, 5.41) is 4.37. The normalized spacial score (nSPS) is 15.3. The van der Waals surface area contributed by atoms with Crippen LogP contribution < -0.4 is 11.3 Å². The van der Waals surface area contributed by atoms with Crippen LogP contribution in [-0.4, -0.2) is 9.78 Å². The number of hydrogen-bond acceptors (Lipinski definition) is 4. The van der Waals surface area contributed by atoms with Crippen molar-refractivity contribution in [3.8, 4) is 0 Å². The predicted octanol–water partition coefficient (Wildman–Crippen LogP) is 1.88. The van der Waals surface area contributed by atoms with Crippen molar-refractivity contribution in [1.82, 2.24) is 15.2 Å². The average Bonchev–Trinajstić information content (AvgIpc) is 3.09. The molecule has 1 aliphatic heterocycles. The lowest BCUT2D eigenvalue weighted by atomic mass is 9.98. The smallest absolute Gasteiger partial charge is 0.0740 e. The van der Waals surface area contributed by atoms with Gasteiger partial charge in [-0.15, -0.1) is 0 Å². The van der Waals surface area contributed by atoms with E-state index in [2.05, 4.69) is 41.8 Å². The van der Waals surface area contributed by atoms with E-state index in [1.807, 2.05) is 10.9 Å². The van der Waals surface area contributed by atoms with E-state index in [1.165, 1.54) is 11.1 Å². The summed E-state index contributed by atoms with van der Waals surface area (Å²) >= 11 is 0. The minimum Gasteiger partial charge on any atom is -0.372 e. The first kappa shape index (κ1) is 13.3. The maximum absolute atomic E-state index is 5.75. The molecule has 2 aromatic rings. The monoisotopic (exact) mass is 272 g/mol. The van der Waals surface area contributed by atoms with Crippen LogP contribution in [0, 0.1) is 0 Å². The number of aryl methyl sites for hydroxylation is 1. The molecule has 5 heteroatoms. The van der Waals surface area contributed by atoms with Gasteiger partial charge in [0.1, 0.15) is 0 Å². The number of benzene rings is 1. The molecule has 1 aliphatic rings. The minimum atomic E-state index is -0.0356. The number of ether oxygens (including phenoxy) is 1. The number of hydrazine groups is 1. The Morgan fingerprint density at radius 3 is 3.00 bits per heavy atom. The third-order valence-corrected chi connectivity index (χ3v) is 3.68. The third kappa shape index (κ3) is 2.47. The van der Waals surface area contributed by atoms with Crippen LogP contribution in [0.15, 0.2) is 30.6 Å². The van der Waals surface area contributed by atoms with E-state index in [1.54, 1.807) is 0 Å². The number of nitrogens with one attached hydrogen (secondary N) is 1. The molecule has 1 atom stereocenters. The first-order valence-electron chi connectivity index (χ1n) is 6.99. The maximum atomic E-state index is 5.75. The zero-order chi connectivity index (χ0) is 13.9. The molecule has 1 aromatic heterocycles. The van der Waals surface area contributed by atoms with Crippen molar-refractivity contribution in [2.75, 3.05) is 0 Å². The van der Waals surface area contributed by atoms with Gasteiger partial charge in [-0.3, -0.25) is 10.5 Å². The van der Waals surface area contributed by atoms with E-state index in [0.717, 1.165) is 24.1 Å². The second kappa shape index (κ2) is 5.75. The molecule has 0 radical (unpaired) electrons. The molecular formula is C15H20N4O. The van der Waals surface area contributed by atoms with Gasteiger partial charge in [0.2, 0.25) is 0 Å². The quantitative estimate of drug-likeness (QED) is 0.644. The molecule has 3 rings (SSSR count). The number of nitrogens with zero attached hydrogens (tertiary/aromatic N) is 2. The number of aromatic nitrogens is 2. The van der Waals surface area contributed by atoms with Gasteiger partial charge < -0.3 is 4.74 Å². The van der Waals surface area contributed by atoms with Crippen LogP contribution in [0.2, 0.25) is 0 Å². The Morgan fingerprint density at radius 2 is 2.20 bits per heavy atom. The Kier molecular flexibility index (Phi) is 3.82. The summed E-state index contributed by atoms with van der Waals surface area (Å²) in [5.41, 5.74) is 7.64. The van der Waals surface area contributed by atoms with Gasteiger partial charge >= 0.3 is 0 Å². The Balaban J connectivity index is 1.88. The van der Waals surface area contributed by atoms with Crippen molar-refractivity contribution in [2.45, 2.75) is 39.1 Å². The van der Waals surface area contributed by atoms with Gasteiger partial charge in [0, 0.05) is 18.3 Å². The largest absolute Gasteiger partial charge is 0.372 e. The predicted molar refractivity (Wildman–Crippen MR) is 76.6 cm³/mol. The van der Waals surface area contributed by atoms with Crippen molar-refractivity contribution in [2.24, 2.45) is 5.84 Å². The van der Waals surface area contributed by atoms with Crippen LogP contribution in [0.25, 0.3) is 0 Å². The lowest BCUT2D eigenvalue weighted by Gasteiger charge is -2.15. The fourth-order valence-corrected chi connectivity index (χ4v) is 2.64. The van der Waals surface area contributed by atoms with E-state index in [0.29, 0.717) is 13.2 Å². The molecule has 0 saturated carbocycles. The Morgan fingerprint density at radius 1 is 1.35 bits per heavy atom. The van der Waals surface area contributed by atoms with E-state index < -0.39 is 0 Å². The SMILES string of the molecule is CCCn1cc(C(NN)c2ccc3c(c2)COC3)cn1. The van der Waals surface area contributed by atoms with Crippen molar-refractivity contribution in [1.29, 1.82) is 0 Å². The van der Waals surface area contributed by atoms with E-state index in [9.17, 15) is 0 Å². The minimum absolute atomic E-state index is 0.0356. The first-order valence-corrected chi connectivity index (χ1v) is 6.99. The van der Waals surface area contributed by atoms with Crippen molar-refractivity contribution >= 4 is 0 Å². The average molecular weight is 272 g/mol. The van der Waals surface area contributed by atoms with Crippen molar-refractivity contribution in [3.63, 3.8) is 0 Å². The lowest BCUT2D eigenvalue weighted by molar-refractivity contribution is 0.134. The van der Waals surface area contributed by atoms with Crippen LogP contribution in [0.3, 0.4) is 0 Å². The summed E-state index contributed by atoms with van der Waals surface area (Å²) in [6.45, 7) is 4.47. The number of fused-ring (bicyclic) bond motifs is 1. The maximum Gasteiger partial charge on any atom is 0.0740 e. The summed E-state index contributed by atoms with van der Waals surface area (Å²) in [4.78, 5) is 0. The second-order valence-electron chi connectivity index (χ2n) is 5.16. The molecule has 0 bridgehead atoms. The first-order chi connectivity index (χ1) is 9.81. The van der Waals surface area contributed by atoms with E-state index >= 15 is 0 Å². The molecule has 20 heavy (non-hydrogen) atoms. The molecule has 0 spiro atoms. The highest BCUT2D eigenvalue weighted by Gasteiger charge is 2.18. The molecule has 1 unspecified atom stereocenters. The molecule has 0 aliphatic carbocycles. The summed E-state index contributed by atoms with van der Waals surface area (Å²) in [6.07, 6.45) is 5.00. The van der Waals surface area contributed by atoms with Crippen molar-refractivity contribution < 1.29 is 4.74 Å². The molecule has 106 valence electrons. The zero-order valence-corrected chi connectivity index (χ0v) is 11.7. The standard InChI is InChI=1S/C15H20N4O/c1-2-5-19-8-14(7-17-19)15(18-16)11-3-4-12-9-20-10-13(12)6-11/h3-4,6-8,15,18H,2,5,9-10,16H2,1H3. The summed E-state index contributed by atoms with van der Waals surface area (Å²) in [6, 6.07) is 6.36. The molecule has 0 amide bonds. The molecule has 0 fully saturated rings. The van der Waals surface area contributed by atoms with Gasteiger partial charge in [-0.25, -0.2) is 5.43 Å². The topological polar surface area (TPSA) is 65.1 Å². The molecule has 5 nitrogen and oxygen atoms in total. The second-order valence-corrected chi connectivity index (χ2v) is 5.16. The van der Waals surface area contributed by atoms with E-state index in [-0.39, 0.29) is 6.04 Å². The van der Waals surface area contributed by atoms with Gasteiger partial charge in [-0.1, -0.05) is 25.1 Å². The lowest BCUT2D eigenvalue weighted by Crippen LogP contribution is -2.28. The number of rotatable bonds is 5. The number of hydrogen-bond donors (Lipinski definition) is 2. The fourth-order valence-electron chi connectivity index (χ4n) is 2.64. The highest BCUT2D eigenvalue weighted by molar-refractivity contribution is 5.37. The van der Waals surface area contributed by atoms with Crippen LogP contribution in [-0.2, 0) is 24.5 Å². The Labute approximate surface area is 118 Å². The van der Waals surface area contributed by atoms with Crippen LogP contribution in [0.1, 0.15) is 41.6 Å². The van der Waals surface area contributed by atoms with Crippen LogP contribution in [0.5, 0.6) is 0 Å². The van der Waals surface area contributed by atoms with Gasteiger partial charge in [-0.05, 0) is 23.1 Å². The van der Waals surface area contributed by atoms with E-state index in [4.69, 9.17) is 10.6 Å².